The second-order valence-electron chi connectivity index (χ2n) is 3.99. The number of sulfonamides is 1. The number of rotatable bonds is 5. The van der Waals surface area contributed by atoms with E-state index in [1.54, 1.807) is 12.1 Å². The van der Waals surface area contributed by atoms with E-state index < -0.39 is 31.4 Å². The summed E-state index contributed by atoms with van der Waals surface area (Å²) in [5.74, 6) is -0.849. The first-order valence-electron chi connectivity index (χ1n) is 5.04. The zero-order valence-corrected chi connectivity index (χ0v) is 13.2. The number of sulfone groups is 1. The third-order valence-corrected chi connectivity index (χ3v) is 5.71. The molecule has 0 saturated heterocycles. The Bertz CT molecular complexity index is 638. The molecule has 0 spiro atoms. The van der Waals surface area contributed by atoms with Crippen LogP contribution >= 0.6 is 15.9 Å². The van der Waals surface area contributed by atoms with E-state index in [1.807, 2.05) is 13.0 Å². The predicted octanol–water partition coefficient (Wildman–Crippen LogP) is 1.54. The van der Waals surface area contributed by atoms with Gasteiger partial charge in [0.2, 0.25) is 10.0 Å². The normalized spacial score (nSPS) is 12.4. The molecular weight excluding hydrogens is 342 g/mol. The third kappa shape index (κ3) is 4.95. The first kappa shape index (κ1) is 15.5. The third-order valence-electron chi connectivity index (χ3n) is 2.18. The number of hydrogen-bond donors (Lipinski definition) is 1. The van der Waals surface area contributed by atoms with E-state index >= 15 is 0 Å². The van der Waals surface area contributed by atoms with Crippen LogP contribution in [0.5, 0.6) is 0 Å². The fraction of sp³-hybridized carbons (Fsp3) is 0.400. The lowest BCUT2D eigenvalue weighted by atomic mass is 10.2. The van der Waals surface area contributed by atoms with Crippen molar-refractivity contribution in [3.8, 4) is 0 Å². The van der Waals surface area contributed by atoms with Gasteiger partial charge in [0.15, 0.2) is 0 Å². The van der Waals surface area contributed by atoms with Gasteiger partial charge in [-0.3, -0.25) is 4.72 Å². The Kier molecular flexibility index (Phi) is 4.79. The molecule has 102 valence electrons. The van der Waals surface area contributed by atoms with E-state index in [2.05, 4.69) is 20.7 Å². The van der Waals surface area contributed by atoms with Gasteiger partial charge in [-0.25, -0.2) is 16.8 Å². The van der Waals surface area contributed by atoms with E-state index in [1.165, 1.54) is 0 Å². The largest absolute Gasteiger partial charge is 0.282 e. The molecule has 1 aromatic carbocycles. The van der Waals surface area contributed by atoms with Crippen molar-refractivity contribution in [1.29, 1.82) is 0 Å². The van der Waals surface area contributed by atoms with Gasteiger partial charge in [-0.1, -0.05) is 12.1 Å². The van der Waals surface area contributed by atoms with Crippen LogP contribution in [0.2, 0.25) is 0 Å². The minimum Gasteiger partial charge on any atom is -0.282 e. The van der Waals surface area contributed by atoms with Crippen molar-refractivity contribution in [2.24, 2.45) is 0 Å². The second kappa shape index (κ2) is 5.58. The van der Waals surface area contributed by atoms with Crippen molar-refractivity contribution in [2.45, 2.75) is 6.92 Å². The van der Waals surface area contributed by atoms with Crippen molar-refractivity contribution in [3.63, 3.8) is 0 Å². The van der Waals surface area contributed by atoms with Crippen molar-refractivity contribution in [2.75, 3.05) is 22.5 Å². The van der Waals surface area contributed by atoms with E-state index in [-0.39, 0.29) is 0 Å². The SMILES string of the molecule is Cc1cccc(NS(=O)(=O)CCS(C)(=O)=O)c1Br. The van der Waals surface area contributed by atoms with Crippen LogP contribution in [-0.4, -0.2) is 34.6 Å². The van der Waals surface area contributed by atoms with E-state index in [4.69, 9.17) is 0 Å². The van der Waals surface area contributed by atoms with Gasteiger partial charge < -0.3 is 0 Å². The molecule has 0 aliphatic heterocycles. The van der Waals surface area contributed by atoms with Gasteiger partial charge in [-0.15, -0.1) is 0 Å². The topological polar surface area (TPSA) is 80.3 Å². The Labute approximate surface area is 116 Å². The van der Waals surface area contributed by atoms with Gasteiger partial charge >= 0.3 is 0 Å². The molecule has 0 fully saturated rings. The molecule has 0 amide bonds. The van der Waals surface area contributed by atoms with Gasteiger partial charge in [0.05, 0.1) is 17.2 Å². The number of anilines is 1. The second-order valence-corrected chi connectivity index (χ2v) is 8.88. The molecule has 1 rings (SSSR count). The van der Waals surface area contributed by atoms with Crippen molar-refractivity contribution < 1.29 is 16.8 Å². The highest BCUT2D eigenvalue weighted by Gasteiger charge is 2.16. The van der Waals surface area contributed by atoms with Crippen molar-refractivity contribution in [1.82, 2.24) is 0 Å². The molecule has 1 aromatic rings. The molecule has 0 saturated carbocycles. The van der Waals surface area contributed by atoms with Crippen LogP contribution in [0, 0.1) is 6.92 Å². The highest BCUT2D eigenvalue weighted by atomic mass is 79.9. The molecule has 18 heavy (non-hydrogen) atoms. The Morgan fingerprint density at radius 1 is 1.17 bits per heavy atom. The maximum absolute atomic E-state index is 11.7. The molecule has 8 heteroatoms. The fourth-order valence-electron chi connectivity index (χ4n) is 1.21. The van der Waals surface area contributed by atoms with Crippen LogP contribution < -0.4 is 4.72 Å². The molecule has 0 atom stereocenters. The molecule has 0 bridgehead atoms. The summed E-state index contributed by atoms with van der Waals surface area (Å²) < 4.78 is 48.3. The molecule has 0 aliphatic carbocycles. The average molecular weight is 356 g/mol. The van der Waals surface area contributed by atoms with Crippen LogP contribution in [0.3, 0.4) is 0 Å². The van der Waals surface area contributed by atoms with E-state index in [9.17, 15) is 16.8 Å². The van der Waals surface area contributed by atoms with Gasteiger partial charge in [0, 0.05) is 10.7 Å². The molecule has 5 nitrogen and oxygen atoms in total. The standard InChI is InChI=1S/C10H14BrNO4S2/c1-8-4-3-5-9(10(8)11)12-18(15,16)7-6-17(2,13)14/h3-5,12H,6-7H2,1-2H3. The first-order chi connectivity index (χ1) is 8.11. The summed E-state index contributed by atoms with van der Waals surface area (Å²) in [5.41, 5.74) is 1.29. The summed E-state index contributed by atoms with van der Waals surface area (Å²) in [4.78, 5) is 0. The average Bonchev–Trinajstić information content (AvgIpc) is 2.21. The lowest BCUT2D eigenvalue weighted by molar-refractivity contribution is 0.593. The van der Waals surface area contributed by atoms with Gasteiger partial charge in [0.25, 0.3) is 0 Å². The summed E-state index contributed by atoms with van der Waals surface area (Å²) in [7, 11) is -6.97. The number of benzene rings is 1. The highest BCUT2D eigenvalue weighted by Crippen LogP contribution is 2.26. The Morgan fingerprint density at radius 3 is 2.33 bits per heavy atom. The molecular formula is C10H14BrNO4S2. The molecule has 0 radical (unpaired) electrons. The van der Waals surface area contributed by atoms with Crippen LogP contribution in [0.15, 0.2) is 22.7 Å². The summed E-state index contributed by atoms with van der Waals surface area (Å²) >= 11 is 3.28. The van der Waals surface area contributed by atoms with Crippen molar-refractivity contribution in [3.05, 3.63) is 28.2 Å². The molecule has 0 aliphatic rings. The quantitative estimate of drug-likeness (QED) is 0.868. The highest BCUT2D eigenvalue weighted by molar-refractivity contribution is 9.10. The Hall–Kier alpha value is -0.600. The Morgan fingerprint density at radius 2 is 1.78 bits per heavy atom. The summed E-state index contributed by atoms with van der Waals surface area (Å²) in [6, 6.07) is 5.15. The maximum atomic E-state index is 11.7. The zero-order valence-electron chi connectivity index (χ0n) is 9.97. The summed E-state index contributed by atoms with van der Waals surface area (Å²) in [5, 5.41) is 0. The lowest BCUT2D eigenvalue weighted by Crippen LogP contribution is -2.22. The zero-order chi connectivity index (χ0) is 14.0. The van der Waals surface area contributed by atoms with Crippen molar-refractivity contribution >= 4 is 41.5 Å². The van der Waals surface area contributed by atoms with Crippen LogP contribution in [0.1, 0.15) is 5.56 Å². The molecule has 0 unspecified atom stereocenters. The smallest absolute Gasteiger partial charge is 0.233 e. The maximum Gasteiger partial charge on any atom is 0.233 e. The van der Waals surface area contributed by atoms with Crippen LogP contribution in [0.25, 0.3) is 0 Å². The number of halogens is 1. The minimum atomic E-state index is -3.67. The number of nitrogens with one attached hydrogen (secondary N) is 1. The van der Waals surface area contributed by atoms with E-state index in [0.29, 0.717) is 10.2 Å². The van der Waals surface area contributed by atoms with Gasteiger partial charge in [-0.2, -0.15) is 0 Å². The van der Waals surface area contributed by atoms with Gasteiger partial charge in [-0.05, 0) is 34.5 Å². The van der Waals surface area contributed by atoms with Gasteiger partial charge in [0.1, 0.15) is 9.84 Å². The fourth-order valence-corrected chi connectivity index (χ4v) is 4.40. The van der Waals surface area contributed by atoms with Crippen LogP contribution in [0.4, 0.5) is 5.69 Å². The molecule has 0 heterocycles. The first-order valence-corrected chi connectivity index (χ1v) is 9.55. The molecule has 1 N–H and O–H groups in total. The number of hydrogen-bond acceptors (Lipinski definition) is 4. The lowest BCUT2D eigenvalue weighted by Gasteiger charge is -2.10. The number of aryl methyl sites for hydroxylation is 1. The monoisotopic (exact) mass is 355 g/mol. The summed E-state index contributed by atoms with van der Waals surface area (Å²) in [6.45, 7) is 1.83. The minimum absolute atomic E-state index is 0.397. The van der Waals surface area contributed by atoms with Crippen LogP contribution in [-0.2, 0) is 19.9 Å². The summed E-state index contributed by atoms with van der Waals surface area (Å²) in [6.07, 6.45) is 1.01. The molecule has 0 aromatic heterocycles. The van der Waals surface area contributed by atoms with E-state index in [0.717, 1.165) is 11.8 Å². The predicted molar refractivity (Wildman–Crippen MR) is 76.0 cm³/mol. The Balaban J connectivity index is 2.87.